The Morgan fingerprint density at radius 3 is 2.50 bits per heavy atom. The van der Waals surface area contributed by atoms with E-state index in [-0.39, 0.29) is 6.04 Å². The molecule has 1 aliphatic rings. The Balaban J connectivity index is 2.82. The first-order valence-corrected chi connectivity index (χ1v) is 7.16. The van der Waals surface area contributed by atoms with Gasteiger partial charge in [0.25, 0.3) is 0 Å². The zero-order chi connectivity index (χ0) is 13.6. The van der Waals surface area contributed by atoms with Crippen molar-refractivity contribution >= 4 is 11.6 Å². The normalized spacial score (nSPS) is 37.4. The zero-order valence-electron chi connectivity index (χ0n) is 11.7. The van der Waals surface area contributed by atoms with E-state index in [4.69, 9.17) is 11.6 Å². The minimum atomic E-state index is -0.516. The van der Waals surface area contributed by atoms with Crippen molar-refractivity contribution in [2.75, 3.05) is 0 Å². The molecule has 3 heteroatoms. The molecule has 102 valence electrons. The molecule has 0 aromatic carbocycles. The lowest BCUT2D eigenvalue weighted by Crippen LogP contribution is -2.32. The highest BCUT2D eigenvalue weighted by Gasteiger charge is 2.32. The minimum Gasteiger partial charge on any atom is -0.150 e. The summed E-state index contributed by atoms with van der Waals surface area (Å²) in [6.45, 7) is 6.23. The van der Waals surface area contributed by atoms with Crippen LogP contribution in [0.2, 0.25) is 0 Å². The Bertz CT molecular complexity index is 344. The van der Waals surface area contributed by atoms with Crippen LogP contribution in [0.1, 0.15) is 59.3 Å². The van der Waals surface area contributed by atoms with E-state index in [1.165, 1.54) is 11.1 Å². The van der Waals surface area contributed by atoms with Crippen molar-refractivity contribution in [2.45, 2.75) is 70.2 Å². The third-order valence-electron chi connectivity index (χ3n) is 3.79. The van der Waals surface area contributed by atoms with Crippen LogP contribution in [-0.4, -0.2) is 10.9 Å². The summed E-state index contributed by atoms with van der Waals surface area (Å²) in [6.07, 6.45) is 10.1. The van der Waals surface area contributed by atoms with Gasteiger partial charge >= 0.3 is 0 Å². The summed E-state index contributed by atoms with van der Waals surface area (Å²) < 4.78 is 0. The van der Waals surface area contributed by atoms with Gasteiger partial charge in [-0.2, -0.15) is 4.91 Å². The molecule has 0 heterocycles. The highest BCUT2D eigenvalue weighted by Crippen LogP contribution is 2.32. The molecule has 0 amide bonds. The highest BCUT2D eigenvalue weighted by atomic mass is 35.5. The van der Waals surface area contributed by atoms with Gasteiger partial charge in [0, 0.05) is 0 Å². The summed E-state index contributed by atoms with van der Waals surface area (Å²) >= 11 is 6.50. The molecule has 0 radical (unpaired) electrons. The van der Waals surface area contributed by atoms with E-state index >= 15 is 0 Å². The zero-order valence-corrected chi connectivity index (χ0v) is 12.5. The monoisotopic (exact) mass is 269 g/mol. The van der Waals surface area contributed by atoms with E-state index in [9.17, 15) is 4.91 Å². The predicted octanol–water partition coefficient (Wildman–Crippen LogP) is 5.37. The van der Waals surface area contributed by atoms with Gasteiger partial charge in [-0.15, -0.1) is 11.6 Å². The number of halogens is 1. The van der Waals surface area contributed by atoms with E-state index in [0.717, 1.165) is 38.5 Å². The Morgan fingerprint density at radius 1 is 1.22 bits per heavy atom. The largest absolute Gasteiger partial charge is 0.150 e. The van der Waals surface area contributed by atoms with Crippen LogP contribution in [0.3, 0.4) is 0 Å². The van der Waals surface area contributed by atoms with Crippen LogP contribution in [0, 0.1) is 4.91 Å². The molecule has 0 aromatic heterocycles. The number of nitrogens with zero attached hydrogens (tertiary/aromatic N) is 1. The fourth-order valence-electron chi connectivity index (χ4n) is 2.31. The van der Waals surface area contributed by atoms with Crippen molar-refractivity contribution in [3.8, 4) is 0 Å². The third kappa shape index (κ3) is 4.93. The van der Waals surface area contributed by atoms with Crippen molar-refractivity contribution < 1.29 is 0 Å². The maximum absolute atomic E-state index is 11.0. The van der Waals surface area contributed by atoms with Gasteiger partial charge in [0.05, 0.1) is 4.87 Å². The molecular weight excluding hydrogens is 246 g/mol. The first-order valence-electron chi connectivity index (χ1n) is 6.78. The van der Waals surface area contributed by atoms with Crippen molar-refractivity contribution in [1.82, 2.24) is 0 Å². The second kappa shape index (κ2) is 7.08. The standard InChI is InChI=1S/C15H24ClNO/c1-12-6-4-7-13(2)10-11-15(3,16)14(17-18)9-5-8-12/h7-8,14H,4-6,9-11H2,1-3H3/b12-8-,13-7-. The molecule has 0 saturated heterocycles. The van der Waals surface area contributed by atoms with E-state index in [1.54, 1.807) is 0 Å². The van der Waals surface area contributed by atoms with Crippen LogP contribution in [0.25, 0.3) is 0 Å². The first kappa shape index (κ1) is 15.4. The van der Waals surface area contributed by atoms with Crippen molar-refractivity contribution in [1.29, 1.82) is 0 Å². The topological polar surface area (TPSA) is 29.4 Å². The molecule has 0 saturated carbocycles. The molecule has 2 unspecified atom stereocenters. The average Bonchev–Trinajstić information content (AvgIpc) is 2.31. The third-order valence-corrected chi connectivity index (χ3v) is 4.24. The van der Waals surface area contributed by atoms with Gasteiger partial charge in [-0.25, -0.2) is 0 Å². The Hall–Kier alpha value is -0.630. The maximum Gasteiger partial charge on any atom is 0.111 e. The summed E-state index contributed by atoms with van der Waals surface area (Å²) in [4.78, 5) is 10.5. The average molecular weight is 270 g/mol. The van der Waals surface area contributed by atoms with Gasteiger partial charge in [0.15, 0.2) is 0 Å². The Kier molecular flexibility index (Phi) is 6.07. The SMILES string of the molecule is C/C1=C/CCC(N=O)C(C)(Cl)CC/C(C)=C\CC1. The lowest BCUT2D eigenvalue weighted by molar-refractivity contribution is 0.439. The molecule has 1 aliphatic carbocycles. The molecule has 18 heavy (non-hydrogen) atoms. The molecule has 0 spiro atoms. The molecule has 0 aliphatic heterocycles. The molecule has 0 aromatic rings. The van der Waals surface area contributed by atoms with Gasteiger partial charge in [-0.05, 0) is 59.3 Å². The number of allylic oxidation sites excluding steroid dienone is 4. The van der Waals surface area contributed by atoms with E-state index in [2.05, 4.69) is 31.2 Å². The number of hydrogen-bond donors (Lipinski definition) is 0. The minimum absolute atomic E-state index is 0.296. The van der Waals surface area contributed by atoms with Crippen LogP contribution >= 0.6 is 11.6 Å². The van der Waals surface area contributed by atoms with E-state index < -0.39 is 4.87 Å². The van der Waals surface area contributed by atoms with Gasteiger partial charge in [-0.3, -0.25) is 0 Å². The highest BCUT2D eigenvalue weighted by molar-refractivity contribution is 6.24. The van der Waals surface area contributed by atoms with Crippen molar-refractivity contribution in [3.05, 3.63) is 28.2 Å². The van der Waals surface area contributed by atoms with Gasteiger partial charge in [0.2, 0.25) is 0 Å². The quantitative estimate of drug-likeness (QED) is 0.358. The van der Waals surface area contributed by atoms with Crippen LogP contribution in [-0.2, 0) is 0 Å². The van der Waals surface area contributed by atoms with Gasteiger partial charge in [0.1, 0.15) is 6.04 Å². The summed E-state index contributed by atoms with van der Waals surface area (Å²) in [5.74, 6) is 0. The molecule has 2 nitrogen and oxygen atoms in total. The summed E-state index contributed by atoms with van der Waals surface area (Å²) in [6, 6.07) is -0.296. The number of nitroso groups, excluding NO2 is 1. The second-order valence-corrected chi connectivity index (χ2v) is 6.48. The number of alkyl halides is 1. The smallest absolute Gasteiger partial charge is 0.111 e. The molecule has 0 bridgehead atoms. The molecule has 2 atom stereocenters. The molecular formula is C15H24ClNO. The fourth-order valence-corrected chi connectivity index (χ4v) is 2.55. The molecule has 0 N–H and O–H groups in total. The van der Waals surface area contributed by atoms with Crippen LogP contribution < -0.4 is 0 Å². The molecule has 0 fully saturated rings. The predicted molar refractivity (Wildman–Crippen MR) is 79.1 cm³/mol. The fraction of sp³-hybridized carbons (Fsp3) is 0.733. The number of hydrogen-bond acceptors (Lipinski definition) is 2. The number of rotatable bonds is 1. The summed E-state index contributed by atoms with van der Waals surface area (Å²) in [7, 11) is 0. The second-order valence-electron chi connectivity index (χ2n) is 5.62. The van der Waals surface area contributed by atoms with Crippen LogP contribution in [0.4, 0.5) is 0 Å². The van der Waals surface area contributed by atoms with Gasteiger partial charge < -0.3 is 0 Å². The Morgan fingerprint density at radius 2 is 1.83 bits per heavy atom. The van der Waals surface area contributed by atoms with E-state index in [1.807, 2.05) is 6.92 Å². The lowest BCUT2D eigenvalue weighted by Gasteiger charge is -2.27. The van der Waals surface area contributed by atoms with Crippen LogP contribution in [0.15, 0.2) is 28.5 Å². The van der Waals surface area contributed by atoms with Crippen molar-refractivity contribution in [2.24, 2.45) is 5.18 Å². The maximum atomic E-state index is 11.0. The van der Waals surface area contributed by atoms with Gasteiger partial charge in [-0.1, -0.05) is 28.5 Å². The lowest BCUT2D eigenvalue weighted by atomic mass is 9.90. The van der Waals surface area contributed by atoms with E-state index in [0.29, 0.717) is 0 Å². The first-order chi connectivity index (χ1) is 8.45. The Labute approximate surface area is 115 Å². The molecule has 1 rings (SSSR count). The van der Waals surface area contributed by atoms with Crippen LogP contribution in [0.5, 0.6) is 0 Å². The summed E-state index contributed by atoms with van der Waals surface area (Å²) in [5, 5.41) is 3.25. The van der Waals surface area contributed by atoms with Crippen molar-refractivity contribution in [3.63, 3.8) is 0 Å². The summed E-state index contributed by atoms with van der Waals surface area (Å²) in [5.41, 5.74) is 2.75.